The van der Waals surface area contributed by atoms with Crippen molar-refractivity contribution < 1.29 is 4.79 Å². The topological polar surface area (TPSA) is 40.9 Å². The van der Waals surface area contributed by atoms with Crippen molar-refractivity contribution >= 4 is 44.9 Å². The van der Waals surface area contributed by atoms with Crippen molar-refractivity contribution in [1.82, 2.24) is 0 Å². The van der Waals surface area contributed by atoms with Gasteiger partial charge in [-0.15, -0.1) is 0 Å². The van der Waals surface area contributed by atoms with Gasteiger partial charge >= 0.3 is 0 Å². The number of carbonyl (C=O) groups excluding carboxylic acids is 1. The summed E-state index contributed by atoms with van der Waals surface area (Å²) in [5.41, 5.74) is 0.917. The summed E-state index contributed by atoms with van der Waals surface area (Å²) in [4.78, 5) is 12.5. The van der Waals surface area contributed by atoms with Gasteiger partial charge < -0.3 is 0 Å². The van der Waals surface area contributed by atoms with Gasteiger partial charge in [0.2, 0.25) is 0 Å². The molecule has 0 saturated carbocycles. The standard InChI is InChI=1S/C15H8BrCl2NO/c16-10-3-6-14(18)12(7-10)15(20)13(8-19)9-1-4-11(17)5-2-9/h1-7,13H. The lowest BCUT2D eigenvalue weighted by atomic mass is 9.92. The average molecular weight is 369 g/mol. The van der Waals surface area contributed by atoms with Gasteiger partial charge in [-0.3, -0.25) is 4.79 Å². The van der Waals surface area contributed by atoms with Crippen LogP contribution in [0.2, 0.25) is 10.0 Å². The van der Waals surface area contributed by atoms with E-state index in [1.54, 1.807) is 42.5 Å². The molecule has 2 aromatic carbocycles. The molecule has 0 heterocycles. The van der Waals surface area contributed by atoms with E-state index in [2.05, 4.69) is 15.9 Å². The first-order valence-electron chi connectivity index (χ1n) is 5.67. The largest absolute Gasteiger partial charge is 0.292 e. The Morgan fingerprint density at radius 1 is 1.15 bits per heavy atom. The van der Waals surface area contributed by atoms with Crippen molar-refractivity contribution in [1.29, 1.82) is 5.26 Å². The summed E-state index contributed by atoms with van der Waals surface area (Å²) in [7, 11) is 0. The van der Waals surface area contributed by atoms with Gasteiger partial charge in [0.05, 0.1) is 11.1 Å². The molecule has 2 rings (SSSR count). The van der Waals surface area contributed by atoms with Crippen LogP contribution in [0, 0.1) is 11.3 Å². The molecule has 1 atom stereocenters. The maximum atomic E-state index is 12.5. The number of rotatable bonds is 3. The summed E-state index contributed by atoms with van der Waals surface area (Å²) in [6, 6.07) is 13.6. The first-order chi connectivity index (χ1) is 9.52. The van der Waals surface area contributed by atoms with Crippen LogP contribution >= 0.6 is 39.1 Å². The van der Waals surface area contributed by atoms with Crippen LogP contribution in [0.1, 0.15) is 21.8 Å². The number of nitriles is 1. The Kier molecular flexibility index (Phi) is 4.82. The summed E-state index contributed by atoms with van der Waals surface area (Å²) in [5.74, 6) is -1.24. The molecule has 0 bridgehead atoms. The van der Waals surface area contributed by atoms with E-state index < -0.39 is 5.92 Å². The van der Waals surface area contributed by atoms with Crippen molar-refractivity contribution in [3.8, 4) is 6.07 Å². The molecule has 0 saturated heterocycles. The fourth-order valence-electron chi connectivity index (χ4n) is 1.78. The Bertz CT molecular complexity index is 692. The average Bonchev–Trinajstić information content (AvgIpc) is 2.44. The van der Waals surface area contributed by atoms with Crippen LogP contribution in [0.3, 0.4) is 0 Å². The second kappa shape index (κ2) is 6.41. The van der Waals surface area contributed by atoms with Crippen LogP contribution in [0.5, 0.6) is 0 Å². The van der Waals surface area contributed by atoms with Gasteiger partial charge in [-0.25, -0.2) is 0 Å². The van der Waals surface area contributed by atoms with Crippen molar-refractivity contribution in [3.63, 3.8) is 0 Å². The lowest BCUT2D eigenvalue weighted by Gasteiger charge is -2.10. The molecular weight excluding hydrogens is 361 g/mol. The third kappa shape index (κ3) is 3.21. The van der Waals surface area contributed by atoms with Crippen molar-refractivity contribution in [2.45, 2.75) is 5.92 Å². The summed E-state index contributed by atoms with van der Waals surface area (Å²) < 4.78 is 0.734. The molecule has 0 amide bonds. The Morgan fingerprint density at radius 3 is 2.40 bits per heavy atom. The molecule has 2 nitrogen and oxygen atoms in total. The number of hydrogen-bond acceptors (Lipinski definition) is 2. The fourth-order valence-corrected chi connectivity index (χ4v) is 2.48. The van der Waals surface area contributed by atoms with E-state index in [4.69, 9.17) is 23.2 Å². The summed E-state index contributed by atoms with van der Waals surface area (Å²) in [6.45, 7) is 0. The van der Waals surface area contributed by atoms with Gasteiger partial charge in [0, 0.05) is 15.1 Å². The number of benzene rings is 2. The smallest absolute Gasteiger partial charge is 0.185 e. The molecule has 0 aliphatic carbocycles. The van der Waals surface area contributed by atoms with Crippen LogP contribution in [0.25, 0.3) is 0 Å². The first-order valence-corrected chi connectivity index (χ1v) is 7.22. The third-order valence-corrected chi connectivity index (χ3v) is 3.86. The number of hydrogen-bond donors (Lipinski definition) is 0. The zero-order valence-corrected chi connectivity index (χ0v) is 13.2. The maximum Gasteiger partial charge on any atom is 0.185 e. The molecule has 0 aromatic heterocycles. The number of nitrogens with zero attached hydrogens (tertiary/aromatic N) is 1. The molecule has 2 aromatic rings. The van der Waals surface area contributed by atoms with Gasteiger partial charge in [-0.05, 0) is 35.9 Å². The highest BCUT2D eigenvalue weighted by Gasteiger charge is 2.23. The second-order valence-electron chi connectivity index (χ2n) is 4.10. The van der Waals surface area contributed by atoms with E-state index in [9.17, 15) is 10.1 Å². The molecule has 0 fully saturated rings. The molecular formula is C15H8BrCl2NO. The van der Waals surface area contributed by atoms with Gasteiger partial charge in [0.15, 0.2) is 5.78 Å². The highest BCUT2D eigenvalue weighted by molar-refractivity contribution is 9.10. The van der Waals surface area contributed by atoms with Crippen LogP contribution in [-0.4, -0.2) is 5.78 Å². The Morgan fingerprint density at radius 2 is 1.80 bits per heavy atom. The Hall–Kier alpha value is -1.34. The Labute approximate surface area is 135 Å². The molecule has 0 radical (unpaired) electrons. The first kappa shape index (κ1) is 15.1. The predicted molar refractivity (Wildman–Crippen MR) is 83.3 cm³/mol. The minimum absolute atomic E-state index is 0.322. The number of ketones is 1. The number of carbonyl (C=O) groups is 1. The molecule has 0 spiro atoms. The lowest BCUT2D eigenvalue weighted by molar-refractivity contribution is 0.0979. The molecule has 0 N–H and O–H groups in total. The van der Waals surface area contributed by atoms with E-state index in [0.717, 1.165) is 4.47 Å². The van der Waals surface area contributed by atoms with Crippen molar-refractivity contribution in [2.75, 3.05) is 0 Å². The van der Waals surface area contributed by atoms with E-state index in [0.29, 0.717) is 21.2 Å². The van der Waals surface area contributed by atoms with Gasteiger partial charge in [-0.2, -0.15) is 5.26 Å². The fraction of sp³-hybridized carbons (Fsp3) is 0.0667. The van der Waals surface area contributed by atoms with E-state index in [1.165, 1.54) is 0 Å². The highest BCUT2D eigenvalue weighted by atomic mass is 79.9. The van der Waals surface area contributed by atoms with E-state index >= 15 is 0 Å². The molecule has 0 aliphatic heterocycles. The molecule has 20 heavy (non-hydrogen) atoms. The highest BCUT2D eigenvalue weighted by Crippen LogP contribution is 2.28. The van der Waals surface area contributed by atoms with Crippen molar-refractivity contribution in [2.24, 2.45) is 0 Å². The van der Waals surface area contributed by atoms with Gasteiger partial charge in [0.1, 0.15) is 5.92 Å². The number of Topliss-reactive ketones (excluding diaryl/α,β-unsaturated/α-hetero) is 1. The van der Waals surface area contributed by atoms with Crippen LogP contribution in [-0.2, 0) is 0 Å². The molecule has 0 aliphatic rings. The zero-order valence-electron chi connectivity index (χ0n) is 10.1. The molecule has 5 heteroatoms. The maximum absolute atomic E-state index is 12.5. The van der Waals surface area contributed by atoms with E-state index in [-0.39, 0.29) is 5.78 Å². The lowest BCUT2D eigenvalue weighted by Crippen LogP contribution is -2.11. The number of halogens is 3. The summed E-state index contributed by atoms with van der Waals surface area (Å²) in [6.07, 6.45) is 0. The zero-order chi connectivity index (χ0) is 14.7. The van der Waals surface area contributed by atoms with Gasteiger partial charge in [-0.1, -0.05) is 51.3 Å². The van der Waals surface area contributed by atoms with Crippen LogP contribution in [0.4, 0.5) is 0 Å². The quantitative estimate of drug-likeness (QED) is 0.694. The molecule has 100 valence electrons. The normalized spacial score (nSPS) is 11.7. The van der Waals surface area contributed by atoms with E-state index in [1.807, 2.05) is 6.07 Å². The van der Waals surface area contributed by atoms with Crippen LogP contribution < -0.4 is 0 Å². The second-order valence-corrected chi connectivity index (χ2v) is 5.86. The predicted octanol–water partition coefficient (Wildman–Crippen LogP) is 5.25. The SMILES string of the molecule is N#CC(C(=O)c1cc(Br)ccc1Cl)c1ccc(Cl)cc1. The Balaban J connectivity index is 2.42. The van der Waals surface area contributed by atoms with Crippen molar-refractivity contribution in [3.05, 3.63) is 68.1 Å². The monoisotopic (exact) mass is 367 g/mol. The minimum atomic E-state index is -0.904. The van der Waals surface area contributed by atoms with Gasteiger partial charge in [0.25, 0.3) is 0 Å². The third-order valence-electron chi connectivity index (χ3n) is 2.79. The summed E-state index contributed by atoms with van der Waals surface area (Å²) in [5, 5.41) is 10.2. The summed E-state index contributed by atoms with van der Waals surface area (Å²) >= 11 is 15.1. The molecule has 1 unspecified atom stereocenters. The minimum Gasteiger partial charge on any atom is -0.292 e. The van der Waals surface area contributed by atoms with Crippen LogP contribution in [0.15, 0.2) is 46.9 Å².